The topological polar surface area (TPSA) is 108 Å². The number of rotatable bonds is 6. The molecule has 7 nitrogen and oxygen atoms in total. The summed E-state index contributed by atoms with van der Waals surface area (Å²) in [6.45, 7) is 2.62. The second-order valence-corrected chi connectivity index (χ2v) is 3.73. The van der Waals surface area contributed by atoms with Gasteiger partial charge in [0.25, 0.3) is 5.69 Å². The zero-order valence-corrected chi connectivity index (χ0v) is 10.5. The van der Waals surface area contributed by atoms with E-state index in [1.807, 2.05) is 13.0 Å². The van der Waals surface area contributed by atoms with Crippen molar-refractivity contribution in [2.75, 3.05) is 18.4 Å². The minimum absolute atomic E-state index is 0.116. The van der Waals surface area contributed by atoms with Crippen LogP contribution in [0.15, 0.2) is 18.2 Å². The Labute approximate surface area is 110 Å². The van der Waals surface area contributed by atoms with Crippen LogP contribution in [0.2, 0.25) is 0 Å². The van der Waals surface area contributed by atoms with Gasteiger partial charge >= 0.3 is 0 Å². The molecule has 2 N–H and O–H groups in total. The van der Waals surface area contributed by atoms with Crippen molar-refractivity contribution in [3.63, 3.8) is 0 Å². The number of nitrogens with one attached hydrogen (secondary N) is 2. The summed E-state index contributed by atoms with van der Waals surface area (Å²) in [5, 5.41) is 25.0. The first kappa shape index (κ1) is 14.4. The average Bonchev–Trinajstić information content (AvgIpc) is 2.38. The first-order valence-corrected chi connectivity index (χ1v) is 5.77. The lowest BCUT2D eigenvalue weighted by Crippen LogP contribution is -2.24. The van der Waals surface area contributed by atoms with E-state index in [1.54, 1.807) is 0 Å². The fourth-order valence-corrected chi connectivity index (χ4v) is 1.50. The number of nitro benzene ring substituents is 1. The van der Waals surface area contributed by atoms with Crippen molar-refractivity contribution in [1.82, 2.24) is 5.32 Å². The highest BCUT2D eigenvalue weighted by molar-refractivity contribution is 5.76. The smallest absolute Gasteiger partial charge is 0.292 e. The van der Waals surface area contributed by atoms with Gasteiger partial charge in [-0.2, -0.15) is 5.26 Å². The van der Waals surface area contributed by atoms with Crippen molar-refractivity contribution in [2.45, 2.75) is 13.3 Å². The van der Waals surface area contributed by atoms with Gasteiger partial charge in [-0.05, 0) is 19.1 Å². The van der Waals surface area contributed by atoms with E-state index in [4.69, 9.17) is 5.26 Å². The molecule has 0 aliphatic carbocycles. The predicted molar refractivity (Wildman–Crippen MR) is 69.6 cm³/mol. The molecule has 0 spiro atoms. The third-order valence-electron chi connectivity index (χ3n) is 2.36. The molecule has 0 radical (unpaired) electrons. The van der Waals surface area contributed by atoms with E-state index in [9.17, 15) is 14.9 Å². The highest BCUT2D eigenvalue weighted by Gasteiger charge is 2.14. The molecule has 1 amide bonds. The van der Waals surface area contributed by atoms with Gasteiger partial charge in [0.05, 0.1) is 16.6 Å². The summed E-state index contributed by atoms with van der Waals surface area (Å²) in [7, 11) is 0. The summed E-state index contributed by atoms with van der Waals surface area (Å²) < 4.78 is 0. The van der Waals surface area contributed by atoms with Crippen molar-refractivity contribution < 1.29 is 9.72 Å². The molecule has 0 aliphatic heterocycles. The number of anilines is 1. The Morgan fingerprint density at radius 3 is 2.84 bits per heavy atom. The van der Waals surface area contributed by atoms with Crippen molar-refractivity contribution >= 4 is 17.3 Å². The van der Waals surface area contributed by atoms with Crippen molar-refractivity contribution in [2.24, 2.45) is 0 Å². The number of benzene rings is 1. The summed E-state index contributed by atoms with van der Waals surface area (Å²) in [5.74, 6) is -0.130. The largest absolute Gasteiger partial charge is 0.379 e. The molecule has 0 aliphatic rings. The molecular weight excluding hydrogens is 248 g/mol. The van der Waals surface area contributed by atoms with Gasteiger partial charge in [0.1, 0.15) is 5.69 Å². The molecule has 0 saturated carbocycles. The van der Waals surface area contributed by atoms with Gasteiger partial charge in [0, 0.05) is 25.6 Å². The molecule has 19 heavy (non-hydrogen) atoms. The lowest BCUT2D eigenvalue weighted by Gasteiger charge is -2.07. The van der Waals surface area contributed by atoms with Crippen molar-refractivity contribution in [3.05, 3.63) is 33.9 Å². The second kappa shape index (κ2) is 6.96. The van der Waals surface area contributed by atoms with Gasteiger partial charge in [-0.25, -0.2) is 0 Å². The van der Waals surface area contributed by atoms with Crippen LogP contribution in [-0.4, -0.2) is 23.9 Å². The van der Waals surface area contributed by atoms with Gasteiger partial charge in [0.15, 0.2) is 0 Å². The lowest BCUT2D eigenvalue weighted by atomic mass is 10.2. The molecule has 0 saturated heterocycles. The maximum atomic E-state index is 11.2. The molecule has 0 bridgehead atoms. The maximum Gasteiger partial charge on any atom is 0.292 e. The Balaban J connectivity index is 2.73. The molecule has 0 heterocycles. The monoisotopic (exact) mass is 262 g/mol. The molecule has 7 heteroatoms. The number of hydrogen-bond acceptors (Lipinski definition) is 5. The van der Waals surface area contributed by atoms with Gasteiger partial charge in [-0.3, -0.25) is 14.9 Å². The third-order valence-corrected chi connectivity index (χ3v) is 2.36. The predicted octanol–water partition coefficient (Wildman–Crippen LogP) is 1.40. The second-order valence-electron chi connectivity index (χ2n) is 3.73. The van der Waals surface area contributed by atoms with Crippen LogP contribution < -0.4 is 10.6 Å². The van der Waals surface area contributed by atoms with Gasteiger partial charge < -0.3 is 10.6 Å². The highest BCUT2D eigenvalue weighted by Crippen LogP contribution is 2.25. The molecule has 1 aromatic carbocycles. The van der Waals surface area contributed by atoms with Crippen LogP contribution >= 0.6 is 0 Å². The number of nitro groups is 1. The lowest BCUT2D eigenvalue weighted by molar-refractivity contribution is -0.384. The number of nitriles is 1. The van der Waals surface area contributed by atoms with Crippen LogP contribution in [0.4, 0.5) is 11.4 Å². The number of nitrogens with zero attached hydrogens (tertiary/aromatic N) is 2. The Morgan fingerprint density at radius 2 is 2.26 bits per heavy atom. The first-order chi connectivity index (χ1) is 9.08. The minimum atomic E-state index is -0.532. The normalized spacial score (nSPS) is 9.47. The van der Waals surface area contributed by atoms with Gasteiger partial charge in [0.2, 0.25) is 5.91 Å². The first-order valence-electron chi connectivity index (χ1n) is 5.77. The Hall–Kier alpha value is -2.62. The van der Waals surface area contributed by atoms with E-state index in [0.29, 0.717) is 12.1 Å². The summed E-state index contributed by atoms with van der Waals surface area (Å²) in [6.07, 6.45) is 0.210. The zero-order chi connectivity index (χ0) is 14.3. The van der Waals surface area contributed by atoms with Crippen LogP contribution in [-0.2, 0) is 4.79 Å². The zero-order valence-electron chi connectivity index (χ0n) is 10.5. The number of amides is 1. The van der Waals surface area contributed by atoms with Crippen LogP contribution in [0.3, 0.4) is 0 Å². The average molecular weight is 262 g/mol. The number of carbonyl (C=O) groups excluding carboxylic acids is 1. The molecule has 1 rings (SSSR count). The molecule has 0 fully saturated rings. The summed E-state index contributed by atoms with van der Waals surface area (Å²) >= 11 is 0. The molecule has 1 aromatic rings. The summed E-state index contributed by atoms with van der Waals surface area (Å²) in [5.41, 5.74) is 0.453. The maximum absolute atomic E-state index is 11.2. The Morgan fingerprint density at radius 1 is 1.53 bits per heavy atom. The van der Waals surface area contributed by atoms with Crippen LogP contribution in [0.5, 0.6) is 0 Å². The Bertz CT molecular complexity index is 522. The molecule has 0 atom stereocenters. The van der Waals surface area contributed by atoms with E-state index >= 15 is 0 Å². The van der Waals surface area contributed by atoms with Gasteiger partial charge in [-0.15, -0.1) is 0 Å². The highest BCUT2D eigenvalue weighted by atomic mass is 16.6. The van der Waals surface area contributed by atoms with E-state index in [2.05, 4.69) is 10.6 Å². The van der Waals surface area contributed by atoms with E-state index in [0.717, 1.165) is 0 Å². The standard InChI is InChI=1S/C12H14N4O3/c1-2-14-12(17)5-6-15-10-7-9(8-13)3-4-11(10)16(18)19/h3-4,7,15H,2,5-6H2,1H3,(H,14,17). The fourth-order valence-electron chi connectivity index (χ4n) is 1.50. The quantitative estimate of drug-likeness (QED) is 0.595. The van der Waals surface area contributed by atoms with Crippen LogP contribution in [0.25, 0.3) is 0 Å². The SMILES string of the molecule is CCNC(=O)CCNc1cc(C#N)ccc1[N+](=O)[O-]. The van der Waals surface area contributed by atoms with E-state index < -0.39 is 4.92 Å². The third kappa shape index (κ3) is 4.27. The van der Waals surface area contributed by atoms with Crippen molar-refractivity contribution in [1.29, 1.82) is 5.26 Å². The molecule has 100 valence electrons. The number of carbonyl (C=O) groups is 1. The molecule has 0 aromatic heterocycles. The number of hydrogen-bond donors (Lipinski definition) is 2. The van der Waals surface area contributed by atoms with E-state index in [1.165, 1.54) is 18.2 Å². The molecular formula is C12H14N4O3. The summed E-state index contributed by atoms with van der Waals surface area (Å²) in [4.78, 5) is 21.5. The summed E-state index contributed by atoms with van der Waals surface area (Å²) in [6, 6.07) is 5.96. The minimum Gasteiger partial charge on any atom is -0.379 e. The fraction of sp³-hybridized carbons (Fsp3) is 0.333. The van der Waals surface area contributed by atoms with Crippen LogP contribution in [0.1, 0.15) is 18.9 Å². The van der Waals surface area contributed by atoms with Crippen LogP contribution in [0, 0.1) is 21.4 Å². The van der Waals surface area contributed by atoms with Gasteiger partial charge in [-0.1, -0.05) is 0 Å². The van der Waals surface area contributed by atoms with E-state index in [-0.39, 0.29) is 30.2 Å². The van der Waals surface area contributed by atoms with Crippen molar-refractivity contribution in [3.8, 4) is 6.07 Å². The molecule has 0 unspecified atom stereocenters. The Kier molecular flexibility index (Phi) is 5.29.